The Hall–Kier alpha value is -3.08. The number of benzene rings is 2. The standard InChI is InChI=1S/C23H32O3.C23H32O2/c1-14-8-9-19-22(2,3)10-7-11-23(19,4)20-15-12-17(24-5)18(25-6)13-16(15)26-21(14)20;1-14-8-9-19-22(3,4)10-7-11-23(19,5)20-16-12-15(2)17(24-6)13-18(16)25-21(14)20/h12-14,19H,7-11H2,1-6H3;12-14,19H,7-11H2,1-6H3/t2*14-,19+,23+/m01/s1. The summed E-state index contributed by atoms with van der Waals surface area (Å²) in [6, 6.07) is 8.54. The number of hydrogen-bond donors (Lipinski definition) is 0. The van der Waals surface area contributed by atoms with E-state index in [0.29, 0.717) is 28.6 Å². The molecule has 6 atom stereocenters. The highest BCUT2D eigenvalue weighted by atomic mass is 16.5. The molecule has 0 N–H and O–H groups in total. The normalized spacial score (nSPS) is 30.8. The second-order valence-corrected chi connectivity index (χ2v) is 18.8. The van der Waals surface area contributed by atoms with Crippen molar-refractivity contribution in [1.82, 2.24) is 0 Å². The lowest BCUT2D eigenvalue weighted by Crippen LogP contribution is -2.44. The second kappa shape index (κ2) is 12.8. The van der Waals surface area contributed by atoms with Crippen molar-refractivity contribution >= 4 is 21.9 Å². The van der Waals surface area contributed by atoms with Crippen LogP contribution in [0.4, 0.5) is 0 Å². The summed E-state index contributed by atoms with van der Waals surface area (Å²) in [6.07, 6.45) is 12.8. The Morgan fingerprint density at radius 1 is 0.549 bits per heavy atom. The summed E-state index contributed by atoms with van der Waals surface area (Å²) in [5, 5.41) is 2.55. The molecule has 4 aromatic rings. The molecule has 4 aliphatic rings. The first-order valence-electron chi connectivity index (χ1n) is 19.9. The molecule has 2 saturated carbocycles. The number of fused-ring (bicyclic) bond motifs is 10. The smallest absolute Gasteiger partial charge is 0.164 e. The molecule has 0 unspecified atom stereocenters. The first kappa shape index (κ1) is 36.3. The van der Waals surface area contributed by atoms with Crippen LogP contribution < -0.4 is 14.2 Å². The lowest BCUT2D eigenvalue weighted by molar-refractivity contribution is 0.0502. The van der Waals surface area contributed by atoms with E-state index in [1.807, 2.05) is 6.07 Å². The molecule has 4 aliphatic carbocycles. The quantitative estimate of drug-likeness (QED) is 0.213. The summed E-state index contributed by atoms with van der Waals surface area (Å²) < 4.78 is 29.6. The number of rotatable bonds is 3. The summed E-state index contributed by atoms with van der Waals surface area (Å²) in [7, 11) is 5.13. The Kier molecular flexibility index (Phi) is 9.11. The lowest BCUT2D eigenvalue weighted by atomic mass is 9.53. The molecule has 0 spiro atoms. The number of aryl methyl sites for hydroxylation is 1. The van der Waals surface area contributed by atoms with Crippen LogP contribution in [0.3, 0.4) is 0 Å². The third-order valence-electron chi connectivity index (χ3n) is 14.7. The summed E-state index contributed by atoms with van der Waals surface area (Å²) in [4.78, 5) is 0. The van der Waals surface area contributed by atoms with E-state index < -0.39 is 0 Å². The highest BCUT2D eigenvalue weighted by molar-refractivity contribution is 5.88. The average molecular weight is 697 g/mol. The van der Waals surface area contributed by atoms with E-state index in [9.17, 15) is 0 Å². The van der Waals surface area contributed by atoms with Crippen LogP contribution in [-0.4, -0.2) is 21.3 Å². The van der Waals surface area contributed by atoms with Gasteiger partial charge in [0.15, 0.2) is 11.5 Å². The van der Waals surface area contributed by atoms with Gasteiger partial charge in [0.1, 0.15) is 28.4 Å². The molecule has 8 rings (SSSR count). The predicted octanol–water partition coefficient (Wildman–Crippen LogP) is 13.2. The van der Waals surface area contributed by atoms with Gasteiger partial charge in [0, 0.05) is 45.9 Å². The van der Waals surface area contributed by atoms with E-state index >= 15 is 0 Å². The Morgan fingerprint density at radius 2 is 0.961 bits per heavy atom. The van der Waals surface area contributed by atoms with Gasteiger partial charge in [0.05, 0.1) is 21.3 Å². The zero-order valence-electron chi connectivity index (χ0n) is 33.7. The van der Waals surface area contributed by atoms with E-state index in [0.717, 1.165) is 34.3 Å². The van der Waals surface area contributed by atoms with Crippen molar-refractivity contribution < 1.29 is 23.0 Å². The maximum absolute atomic E-state index is 6.48. The van der Waals surface area contributed by atoms with Gasteiger partial charge in [0.2, 0.25) is 0 Å². The van der Waals surface area contributed by atoms with E-state index in [2.05, 4.69) is 80.5 Å². The van der Waals surface area contributed by atoms with Crippen LogP contribution in [0.5, 0.6) is 17.2 Å². The molecule has 2 heterocycles. The topological polar surface area (TPSA) is 54.0 Å². The molecule has 0 aliphatic heterocycles. The van der Waals surface area contributed by atoms with Gasteiger partial charge in [-0.25, -0.2) is 0 Å². The highest BCUT2D eigenvalue weighted by Gasteiger charge is 2.53. The zero-order valence-corrected chi connectivity index (χ0v) is 33.7. The third kappa shape index (κ3) is 5.70. The summed E-state index contributed by atoms with van der Waals surface area (Å²) in [5.74, 6) is 7.23. The molecule has 2 fully saturated rings. The van der Waals surface area contributed by atoms with E-state index in [1.165, 1.54) is 103 Å². The molecule has 0 amide bonds. The van der Waals surface area contributed by atoms with E-state index in [4.69, 9.17) is 23.0 Å². The first-order chi connectivity index (χ1) is 24.1. The van der Waals surface area contributed by atoms with E-state index in [1.54, 1.807) is 21.3 Å². The van der Waals surface area contributed by atoms with Gasteiger partial charge in [0.25, 0.3) is 0 Å². The fourth-order valence-electron chi connectivity index (χ4n) is 12.1. The molecular formula is C46H64O5. The van der Waals surface area contributed by atoms with Crippen molar-refractivity contribution in [2.24, 2.45) is 22.7 Å². The maximum atomic E-state index is 6.48. The highest BCUT2D eigenvalue weighted by Crippen LogP contribution is 2.61. The van der Waals surface area contributed by atoms with Crippen molar-refractivity contribution in [3.63, 3.8) is 0 Å². The van der Waals surface area contributed by atoms with E-state index in [-0.39, 0.29) is 10.8 Å². The maximum Gasteiger partial charge on any atom is 0.164 e. The van der Waals surface area contributed by atoms with Crippen molar-refractivity contribution in [2.75, 3.05) is 21.3 Å². The Bertz CT molecular complexity index is 1920. The van der Waals surface area contributed by atoms with Crippen LogP contribution in [0.15, 0.2) is 33.1 Å². The molecule has 278 valence electrons. The van der Waals surface area contributed by atoms with Crippen LogP contribution >= 0.6 is 0 Å². The van der Waals surface area contributed by atoms with Crippen molar-refractivity contribution in [1.29, 1.82) is 0 Å². The summed E-state index contributed by atoms with van der Waals surface area (Å²) in [5.41, 5.74) is 7.24. The minimum absolute atomic E-state index is 0.159. The van der Waals surface area contributed by atoms with Gasteiger partial charge in [-0.2, -0.15) is 0 Å². The first-order valence-corrected chi connectivity index (χ1v) is 19.9. The molecule has 2 aromatic carbocycles. The van der Waals surface area contributed by atoms with Crippen LogP contribution in [0.25, 0.3) is 21.9 Å². The predicted molar refractivity (Wildman–Crippen MR) is 209 cm³/mol. The third-order valence-corrected chi connectivity index (χ3v) is 14.7. The SMILES string of the molecule is COc1cc2oc3c(c2cc1C)[C@@]1(C)CCCC(C)(C)[C@@H]1CC[C@H]3C.COc1cc2oc3c(c2cc1OC)[C@]1(C)CCCC(C)(C)[C@H]1CC[C@@H]3C. The molecule has 51 heavy (non-hydrogen) atoms. The minimum atomic E-state index is 0.159. The van der Waals surface area contributed by atoms with Crippen LogP contribution in [0.2, 0.25) is 0 Å². The Labute approximate surface area is 307 Å². The molecule has 0 radical (unpaired) electrons. The molecule has 0 saturated heterocycles. The van der Waals surface area contributed by atoms with Crippen LogP contribution in [-0.2, 0) is 10.8 Å². The van der Waals surface area contributed by atoms with Crippen molar-refractivity contribution in [3.8, 4) is 17.2 Å². The van der Waals surface area contributed by atoms with Gasteiger partial charge in [-0.15, -0.1) is 0 Å². The largest absolute Gasteiger partial charge is 0.496 e. The molecule has 0 bridgehead atoms. The minimum Gasteiger partial charge on any atom is -0.496 e. The van der Waals surface area contributed by atoms with Crippen molar-refractivity contribution in [2.45, 2.75) is 149 Å². The second-order valence-electron chi connectivity index (χ2n) is 18.8. The van der Waals surface area contributed by atoms with Gasteiger partial charge in [-0.05, 0) is 109 Å². The Morgan fingerprint density at radius 3 is 1.41 bits per heavy atom. The van der Waals surface area contributed by atoms with Crippen LogP contribution in [0, 0.1) is 29.6 Å². The average Bonchev–Trinajstić information content (AvgIpc) is 3.58. The number of methoxy groups -OCH3 is 3. The monoisotopic (exact) mass is 696 g/mol. The Balaban J connectivity index is 0.000000159. The molecule has 5 nitrogen and oxygen atoms in total. The molecule has 2 aromatic heterocycles. The van der Waals surface area contributed by atoms with Crippen LogP contribution in [0.1, 0.15) is 160 Å². The lowest BCUT2D eigenvalue weighted by Gasteiger charge is -2.50. The summed E-state index contributed by atoms with van der Waals surface area (Å²) in [6.45, 7) is 21.7. The molecule has 5 heteroatoms. The van der Waals surface area contributed by atoms with Gasteiger partial charge in [-0.3, -0.25) is 0 Å². The molecular weight excluding hydrogens is 633 g/mol. The summed E-state index contributed by atoms with van der Waals surface area (Å²) >= 11 is 0. The number of ether oxygens (including phenoxy) is 3. The van der Waals surface area contributed by atoms with Gasteiger partial charge < -0.3 is 23.0 Å². The fraction of sp³-hybridized carbons (Fsp3) is 0.652. The van der Waals surface area contributed by atoms with Gasteiger partial charge >= 0.3 is 0 Å². The number of hydrogen-bond acceptors (Lipinski definition) is 5. The fourth-order valence-corrected chi connectivity index (χ4v) is 12.1. The number of furan rings is 2. The van der Waals surface area contributed by atoms with Gasteiger partial charge in [-0.1, -0.05) is 68.2 Å². The zero-order chi connectivity index (χ0) is 36.7. The van der Waals surface area contributed by atoms with Crippen molar-refractivity contribution in [3.05, 3.63) is 52.5 Å².